The van der Waals surface area contributed by atoms with Gasteiger partial charge in [-0.1, -0.05) is 35.3 Å². The number of benzene rings is 1. The Labute approximate surface area is 137 Å². The van der Waals surface area contributed by atoms with Crippen molar-refractivity contribution in [2.45, 2.75) is 0 Å². The normalized spacial score (nSPS) is 11.0. The van der Waals surface area contributed by atoms with Gasteiger partial charge in [-0.2, -0.15) is 0 Å². The smallest absolute Gasteiger partial charge is 0.182 e. The first-order chi connectivity index (χ1) is 10.8. The molecule has 108 valence electrons. The summed E-state index contributed by atoms with van der Waals surface area (Å²) in [4.78, 5) is 8.34. The Balaban J connectivity index is 2.06. The fourth-order valence-corrected chi connectivity index (χ4v) is 2.54. The molecule has 1 aromatic carbocycles. The summed E-state index contributed by atoms with van der Waals surface area (Å²) < 4.78 is 0. The van der Waals surface area contributed by atoms with Crippen molar-refractivity contribution >= 4 is 34.8 Å². The molecule has 0 N–H and O–H groups in total. The first-order valence-corrected chi connectivity index (χ1v) is 7.23. The van der Waals surface area contributed by atoms with Crippen LogP contribution < -0.4 is 0 Å². The van der Waals surface area contributed by atoms with Crippen LogP contribution >= 0.6 is 23.2 Å². The molecule has 3 rings (SSSR count). The van der Waals surface area contributed by atoms with Gasteiger partial charge in [-0.15, -0.1) is 10.2 Å². The molecule has 0 amide bonds. The van der Waals surface area contributed by atoms with Crippen LogP contribution in [0.4, 0.5) is 11.6 Å². The highest BCUT2D eigenvalue weighted by atomic mass is 35.5. The largest absolute Gasteiger partial charge is 0.236 e. The minimum absolute atomic E-state index is 0.433. The SMILES string of the molecule is Clc1cccc(Cl)c1-c1cccnc1N=Nc1ccccn1. The first kappa shape index (κ1) is 14.6. The number of hydrogen-bond acceptors (Lipinski definition) is 4. The molecular weight excluding hydrogens is 319 g/mol. The molecule has 2 heterocycles. The minimum Gasteiger partial charge on any atom is -0.236 e. The van der Waals surface area contributed by atoms with E-state index in [0.717, 1.165) is 5.56 Å². The molecule has 0 aliphatic carbocycles. The number of nitrogens with zero attached hydrogens (tertiary/aromatic N) is 4. The molecule has 0 unspecified atom stereocenters. The number of rotatable bonds is 3. The van der Waals surface area contributed by atoms with E-state index in [1.165, 1.54) is 0 Å². The molecule has 0 fully saturated rings. The molecule has 0 aliphatic rings. The molecule has 6 heteroatoms. The average molecular weight is 329 g/mol. The summed E-state index contributed by atoms with van der Waals surface area (Å²) in [6.07, 6.45) is 3.29. The lowest BCUT2D eigenvalue weighted by molar-refractivity contribution is 1.11. The molecule has 3 aromatic rings. The standard InChI is InChI=1S/C16H10Cl2N4/c17-12-6-3-7-13(18)15(12)11-5-4-10-20-16(11)22-21-14-8-1-2-9-19-14/h1-10H. The summed E-state index contributed by atoms with van der Waals surface area (Å²) in [5.41, 5.74) is 1.41. The van der Waals surface area contributed by atoms with Crippen molar-refractivity contribution in [2.75, 3.05) is 0 Å². The van der Waals surface area contributed by atoms with Crippen molar-refractivity contribution in [2.24, 2.45) is 10.2 Å². The monoisotopic (exact) mass is 328 g/mol. The Morgan fingerprint density at radius 3 is 2.23 bits per heavy atom. The summed E-state index contributed by atoms with van der Waals surface area (Å²) in [5.74, 6) is 0.938. The fourth-order valence-electron chi connectivity index (χ4n) is 1.94. The van der Waals surface area contributed by atoms with Gasteiger partial charge in [0.05, 0.1) is 10.0 Å². The second-order valence-corrected chi connectivity index (χ2v) is 5.17. The first-order valence-electron chi connectivity index (χ1n) is 6.48. The number of halogens is 2. The molecule has 0 aliphatic heterocycles. The van der Waals surface area contributed by atoms with E-state index in [-0.39, 0.29) is 0 Å². The second-order valence-electron chi connectivity index (χ2n) is 4.36. The van der Waals surface area contributed by atoms with Gasteiger partial charge in [0.2, 0.25) is 0 Å². The lowest BCUT2D eigenvalue weighted by atomic mass is 10.1. The third-order valence-electron chi connectivity index (χ3n) is 2.92. The van der Waals surface area contributed by atoms with Crippen molar-refractivity contribution in [3.63, 3.8) is 0 Å². The van der Waals surface area contributed by atoms with Crippen molar-refractivity contribution in [1.82, 2.24) is 9.97 Å². The van der Waals surface area contributed by atoms with Gasteiger partial charge in [0.1, 0.15) is 0 Å². The summed E-state index contributed by atoms with van der Waals surface area (Å²) in [6, 6.07) is 14.4. The molecule has 0 spiro atoms. The number of azo groups is 1. The van der Waals surface area contributed by atoms with Crippen molar-refractivity contribution in [1.29, 1.82) is 0 Å². The van der Waals surface area contributed by atoms with Crippen LogP contribution in [0, 0.1) is 0 Å². The van der Waals surface area contributed by atoms with E-state index in [4.69, 9.17) is 23.2 Å². The van der Waals surface area contributed by atoms with Crippen molar-refractivity contribution in [3.05, 3.63) is 71.0 Å². The van der Waals surface area contributed by atoms with Crippen LogP contribution in [-0.4, -0.2) is 9.97 Å². The van der Waals surface area contributed by atoms with Crippen LogP contribution in [-0.2, 0) is 0 Å². The maximum absolute atomic E-state index is 6.26. The van der Waals surface area contributed by atoms with Gasteiger partial charge in [0.25, 0.3) is 0 Å². The number of aromatic nitrogens is 2. The highest BCUT2D eigenvalue weighted by Crippen LogP contribution is 2.38. The predicted octanol–water partition coefficient (Wildman–Crippen LogP) is 5.87. The molecule has 0 bridgehead atoms. The van der Waals surface area contributed by atoms with Crippen LogP contribution in [0.25, 0.3) is 11.1 Å². The number of pyridine rings is 2. The van der Waals surface area contributed by atoms with E-state index in [2.05, 4.69) is 20.2 Å². The summed E-state index contributed by atoms with van der Waals surface area (Å²) in [5, 5.41) is 9.33. The summed E-state index contributed by atoms with van der Waals surface area (Å²) >= 11 is 12.5. The molecule has 4 nitrogen and oxygen atoms in total. The van der Waals surface area contributed by atoms with Gasteiger partial charge in [-0.05, 0) is 36.4 Å². The van der Waals surface area contributed by atoms with Crippen LogP contribution in [0.1, 0.15) is 0 Å². The summed E-state index contributed by atoms with van der Waals surface area (Å²) in [6.45, 7) is 0. The van der Waals surface area contributed by atoms with Gasteiger partial charge in [-0.25, -0.2) is 9.97 Å². The molecule has 2 aromatic heterocycles. The fraction of sp³-hybridized carbons (Fsp3) is 0. The van der Waals surface area contributed by atoms with E-state index < -0.39 is 0 Å². The molecule has 0 saturated carbocycles. The van der Waals surface area contributed by atoms with Crippen molar-refractivity contribution in [3.8, 4) is 11.1 Å². The molecule has 0 radical (unpaired) electrons. The summed E-state index contributed by atoms with van der Waals surface area (Å²) in [7, 11) is 0. The van der Waals surface area contributed by atoms with Crippen LogP contribution in [0.2, 0.25) is 10.0 Å². The molecule has 22 heavy (non-hydrogen) atoms. The molecule has 0 saturated heterocycles. The average Bonchev–Trinajstić information content (AvgIpc) is 2.55. The van der Waals surface area contributed by atoms with Crippen molar-refractivity contribution < 1.29 is 0 Å². The quantitative estimate of drug-likeness (QED) is 0.565. The molecule has 0 atom stereocenters. The Kier molecular flexibility index (Phi) is 4.42. The lowest BCUT2D eigenvalue weighted by Crippen LogP contribution is -1.85. The van der Waals surface area contributed by atoms with Gasteiger partial charge in [-0.3, -0.25) is 0 Å². The van der Waals surface area contributed by atoms with Gasteiger partial charge in [0, 0.05) is 23.5 Å². The zero-order valence-electron chi connectivity index (χ0n) is 11.3. The van der Waals surface area contributed by atoms with E-state index >= 15 is 0 Å². The van der Waals surface area contributed by atoms with Gasteiger partial charge in [0.15, 0.2) is 11.6 Å². The van der Waals surface area contributed by atoms with E-state index in [1.54, 1.807) is 42.7 Å². The highest BCUT2D eigenvalue weighted by Gasteiger charge is 2.13. The van der Waals surface area contributed by atoms with Gasteiger partial charge < -0.3 is 0 Å². The van der Waals surface area contributed by atoms with Crippen LogP contribution in [0.3, 0.4) is 0 Å². The topological polar surface area (TPSA) is 50.5 Å². The maximum atomic E-state index is 6.26. The zero-order valence-corrected chi connectivity index (χ0v) is 12.8. The Morgan fingerprint density at radius 2 is 1.50 bits per heavy atom. The zero-order chi connectivity index (χ0) is 15.4. The maximum Gasteiger partial charge on any atom is 0.182 e. The van der Waals surface area contributed by atoms with Crippen LogP contribution in [0.5, 0.6) is 0 Å². The third kappa shape index (κ3) is 3.13. The third-order valence-corrected chi connectivity index (χ3v) is 3.55. The highest BCUT2D eigenvalue weighted by molar-refractivity contribution is 6.39. The Bertz CT molecular complexity index is 799. The Morgan fingerprint density at radius 1 is 0.727 bits per heavy atom. The van der Waals surface area contributed by atoms with E-state index in [9.17, 15) is 0 Å². The minimum atomic E-state index is 0.433. The van der Waals surface area contributed by atoms with E-state index in [1.807, 2.05) is 18.2 Å². The van der Waals surface area contributed by atoms with Crippen LogP contribution in [0.15, 0.2) is 71.2 Å². The lowest BCUT2D eigenvalue weighted by Gasteiger charge is -2.08. The molecular formula is C16H10Cl2N4. The van der Waals surface area contributed by atoms with Gasteiger partial charge >= 0.3 is 0 Å². The number of hydrogen-bond donors (Lipinski definition) is 0. The second kappa shape index (κ2) is 6.64. The van der Waals surface area contributed by atoms with E-state index in [0.29, 0.717) is 27.2 Å². The predicted molar refractivity (Wildman–Crippen MR) is 88.1 cm³/mol. The Hall–Kier alpha value is -2.30.